The van der Waals surface area contributed by atoms with Crippen LogP contribution in [0.15, 0.2) is 249 Å². The van der Waals surface area contributed by atoms with Crippen molar-refractivity contribution < 1.29 is 0 Å². The first-order valence-electron chi connectivity index (χ1n) is 21.2. The van der Waals surface area contributed by atoms with E-state index in [9.17, 15) is 0 Å². The minimum atomic E-state index is 1.09. The Labute approximate surface area is 367 Å². The number of rotatable bonds is 9. The predicted octanol–water partition coefficient (Wildman–Crippen LogP) is 17.5. The Kier molecular flexibility index (Phi) is 9.82. The average molecular weight is 808 g/mol. The van der Waals surface area contributed by atoms with Crippen molar-refractivity contribution in [1.29, 1.82) is 0 Å². The van der Waals surface area contributed by atoms with E-state index in [1.807, 2.05) is 11.3 Å². The predicted molar refractivity (Wildman–Crippen MR) is 267 cm³/mol. The number of fused-ring (bicyclic) bond motifs is 3. The molecule has 10 aromatic carbocycles. The fraction of sp³-hybridized carbons (Fsp3) is 0. The molecule has 62 heavy (non-hydrogen) atoms. The summed E-state index contributed by atoms with van der Waals surface area (Å²) in [4.78, 5) is 2.42. The zero-order chi connectivity index (χ0) is 41.2. The molecule has 1 aromatic heterocycles. The molecule has 0 N–H and O–H groups in total. The molecule has 1 nitrogen and oxygen atoms in total. The van der Waals surface area contributed by atoms with Gasteiger partial charge in [-0.1, -0.05) is 200 Å². The zero-order valence-electron chi connectivity index (χ0n) is 34.0. The van der Waals surface area contributed by atoms with Crippen molar-refractivity contribution in [3.05, 3.63) is 249 Å². The summed E-state index contributed by atoms with van der Waals surface area (Å²) in [5.41, 5.74) is 17.6. The molecule has 0 radical (unpaired) electrons. The lowest BCUT2D eigenvalue weighted by molar-refractivity contribution is 1.28. The lowest BCUT2D eigenvalue weighted by Gasteiger charge is -2.29. The van der Waals surface area contributed by atoms with Gasteiger partial charge in [0.1, 0.15) is 0 Å². The van der Waals surface area contributed by atoms with Gasteiger partial charge in [0, 0.05) is 37.1 Å². The third-order valence-electron chi connectivity index (χ3n) is 11.9. The molecule has 0 spiro atoms. The molecule has 0 fully saturated rings. The smallest absolute Gasteiger partial charge is 0.0540 e. The fourth-order valence-corrected chi connectivity index (χ4v) is 10.1. The molecule has 292 valence electrons. The monoisotopic (exact) mass is 807 g/mol. The zero-order valence-corrected chi connectivity index (χ0v) is 34.8. The first kappa shape index (κ1) is 37.2. The minimum absolute atomic E-state index is 1.09. The number of hydrogen-bond acceptors (Lipinski definition) is 2. The molecule has 0 saturated heterocycles. The first-order chi connectivity index (χ1) is 30.7. The molecule has 0 saturated carbocycles. The van der Waals surface area contributed by atoms with Gasteiger partial charge in [-0.25, -0.2) is 0 Å². The molecular formula is C60H41NS. The second-order valence-electron chi connectivity index (χ2n) is 15.7. The summed E-state index contributed by atoms with van der Waals surface area (Å²) in [5, 5.41) is 2.63. The largest absolute Gasteiger partial charge is 0.310 e. The van der Waals surface area contributed by atoms with Crippen LogP contribution in [-0.2, 0) is 0 Å². The number of anilines is 3. The second kappa shape index (κ2) is 16.3. The standard InChI is InChI=1S/C60H41NS/c1-5-16-42(17-6-1)43-28-34-50(35-29-43)61(51-36-30-47(31-37-51)53-25-15-26-55-54-24-13-14-27-59(54)62-60(53)55)58-39-33-49(41-57(58)46-22-11-4-12-23-46)48-32-38-52(44-18-7-2-8-19-44)56(40-48)45-20-9-3-10-21-45/h1-41H. The molecular weight excluding hydrogens is 767 g/mol. The maximum atomic E-state index is 2.42. The van der Waals surface area contributed by atoms with Gasteiger partial charge in [-0.3, -0.25) is 0 Å². The van der Waals surface area contributed by atoms with E-state index in [2.05, 4.69) is 254 Å². The van der Waals surface area contributed by atoms with Crippen molar-refractivity contribution in [3.8, 4) is 66.8 Å². The van der Waals surface area contributed by atoms with Crippen molar-refractivity contribution in [3.63, 3.8) is 0 Å². The third-order valence-corrected chi connectivity index (χ3v) is 13.1. The van der Waals surface area contributed by atoms with Gasteiger partial charge in [-0.2, -0.15) is 0 Å². The summed E-state index contributed by atoms with van der Waals surface area (Å²) < 4.78 is 2.64. The van der Waals surface area contributed by atoms with E-state index in [1.54, 1.807) is 0 Å². The molecule has 2 heteroatoms. The maximum absolute atomic E-state index is 2.42. The van der Waals surface area contributed by atoms with Crippen molar-refractivity contribution in [2.45, 2.75) is 0 Å². The van der Waals surface area contributed by atoms with Crippen LogP contribution in [0, 0.1) is 0 Å². The lowest BCUT2D eigenvalue weighted by atomic mass is 9.90. The van der Waals surface area contributed by atoms with Gasteiger partial charge in [0.15, 0.2) is 0 Å². The van der Waals surface area contributed by atoms with E-state index in [1.165, 1.54) is 70.2 Å². The Hall–Kier alpha value is -7.78. The van der Waals surface area contributed by atoms with Crippen molar-refractivity contribution >= 4 is 48.6 Å². The summed E-state index contributed by atoms with van der Waals surface area (Å²) in [6.45, 7) is 0. The SMILES string of the molecule is c1ccc(-c2ccc(N(c3ccc(-c4cccc5c4sc4ccccc45)cc3)c3ccc(-c4ccc(-c5ccccc5)c(-c5ccccc5)c4)cc3-c3ccccc3)cc2)cc1. The Balaban J connectivity index is 1.06. The van der Waals surface area contributed by atoms with Gasteiger partial charge in [0.25, 0.3) is 0 Å². The average Bonchev–Trinajstić information content (AvgIpc) is 3.75. The number of thiophene rings is 1. The normalized spacial score (nSPS) is 11.2. The van der Waals surface area contributed by atoms with Crippen LogP contribution >= 0.6 is 11.3 Å². The van der Waals surface area contributed by atoms with Crippen molar-refractivity contribution in [2.75, 3.05) is 4.90 Å². The Bertz CT molecular complexity index is 3300. The minimum Gasteiger partial charge on any atom is -0.310 e. The van der Waals surface area contributed by atoms with E-state index in [-0.39, 0.29) is 0 Å². The van der Waals surface area contributed by atoms with Crippen LogP contribution < -0.4 is 4.90 Å². The van der Waals surface area contributed by atoms with Gasteiger partial charge in [-0.15, -0.1) is 11.3 Å². The molecule has 11 rings (SSSR count). The van der Waals surface area contributed by atoms with E-state index >= 15 is 0 Å². The van der Waals surface area contributed by atoms with Crippen LogP contribution in [0.3, 0.4) is 0 Å². The van der Waals surface area contributed by atoms with E-state index < -0.39 is 0 Å². The molecule has 1 heterocycles. The highest BCUT2D eigenvalue weighted by Crippen LogP contribution is 2.46. The van der Waals surface area contributed by atoms with Gasteiger partial charge in [0.05, 0.1) is 5.69 Å². The molecule has 0 aliphatic heterocycles. The van der Waals surface area contributed by atoms with Gasteiger partial charge < -0.3 is 4.90 Å². The Morgan fingerprint density at radius 2 is 0.694 bits per heavy atom. The van der Waals surface area contributed by atoms with Crippen molar-refractivity contribution in [1.82, 2.24) is 0 Å². The number of nitrogens with zero attached hydrogens (tertiary/aromatic N) is 1. The summed E-state index contributed by atoms with van der Waals surface area (Å²) in [7, 11) is 0. The highest BCUT2D eigenvalue weighted by atomic mass is 32.1. The molecule has 0 aliphatic carbocycles. The summed E-state index contributed by atoms with van der Waals surface area (Å²) in [6, 6.07) is 90.3. The highest BCUT2D eigenvalue weighted by Gasteiger charge is 2.20. The second-order valence-corrected chi connectivity index (χ2v) is 16.7. The lowest BCUT2D eigenvalue weighted by Crippen LogP contribution is -2.11. The van der Waals surface area contributed by atoms with E-state index in [4.69, 9.17) is 0 Å². The van der Waals surface area contributed by atoms with Gasteiger partial charge in [0.2, 0.25) is 0 Å². The summed E-state index contributed by atoms with van der Waals surface area (Å²) in [5.74, 6) is 0. The van der Waals surface area contributed by atoms with Crippen LogP contribution in [-0.4, -0.2) is 0 Å². The van der Waals surface area contributed by atoms with Gasteiger partial charge in [-0.05, 0) is 110 Å². The molecule has 0 atom stereocenters. The number of hydrogen-bond donors (Lipinski definition) is 0. The maximum Gasteiger partial charge on any atom is 0.0540 e. The summed E-state index contributed by atoms with van der Waals surface area (Å²) in [6.07, 6.45) is 0. The molecule has 0 aliphatic rings. The van der Waals surface area contributed by atoms with Crippen LogP contribution in [0.2, 0.25) is 0 Å². The molecule has 0 unspecified atom stereocenters. The number of benzene rings is 10. The fourth-order valence-electron chi connectivity index (χ4n) is 8.83. The molecule has 11 aromatic rings. The highest BCUT2D eigenvalue weighted by molar-refractivity contribution is 7.26. The molecule has 0 bridgehead atoms. The van der Waals surface area contributed by atoms with Crippen LogP contribution in [0.25, 0.3) is 86.9 Å². The van der Waals surface area contributed by atoms with Crippen molar-refractivity contribution in [2.24, 2.45) is 0 Å². The first-order valence-corrected chi connectivity index (χ1v) is 22.0. The topological polar surface area (TPSA) is 3.24 Å². The quantitative estimate of drug-likeness (QED) is 0.140. The Morgan fingerprint density at radius 1 is 0.258 bits per heavy atom. The van der Waals surface area contributed by atoms with E-state index in [0.717, 1.165) is 33.8 Å². The van der Waals surface area contributed by atoms with E-state index in [0.29, 0.717) is 0 Å². The van der Waals surface area contributed by atoms with Gasteiger partial charge >= 0.3 is 0 Å². The summed E-state index contributed by atoms with van der Waals surface area (Å²) >= 11 is 1.87. The van der Waals surface area contributed by atoms with Crippen LogP contribution in [0.4, 0.5) is 17.1 Å². The third kappa shape index (κ3) is 7.07. The Morgan fingerprint density at radius 3 is 1.32 bits per heavy atom. The molecule has 0 amide bonds. The van der Waals surface area contributed by atoms with Crippen LogP contribution in [0.5, 0.6) is 0 Å². The van der Waals surface area contributed by atoms with Crippen LogP contribution in [0.1, 0.15) is 0 Å².